The molecule has 26 heavy (non-hydrogen) atoms. The quantitative estimate of drug-likeness (QED) is 0.614. The van der Waals surface area contributed by atoms with E-state index in [4.69, 9.17) is 0 Å². The molecule has 138 valence electrons. The van der Waals surface area contributed by atoms with Gasteiger partial charge in [0.25, 0.3) is 0 Å². The summed E-state index contributed by atoms with van der Waals surface area (Å²) in [5.41, 5.74) is 6.07. The van der Waals surface area contributed by atoms with Gasteiger partial charge in [-0.2, -0.15) is 0 Å². The van der Waals surface area contributed by atoms with Crippen molar-refractivity contribution in [2.45, 2.75) is 51.4 Å². The summed E-state index contributed by atoms with van der Waals surface area (Å²) >= 11 is 0. The van der Waals surface area contributed by atoms with Gasteiger partial charge in [-0.3, -0.25) is 0 Å². The Kier molecular flexibility index (Phi) is 5.78. The summed E-state index contributed by atoms with van der Waals surface area (Å²) in [7, 11) is 0. The van der Waals surface area contributed by atoms with E-state index in [1.54, 1.807) is 11.1 Å². The van der Waals surface area contributed by atoms with Crippen LogP contribution >= 0.6 is 0 Å². The summed E-state index contributed by atoms with van der Waals surface area (Å²) in [6, 6.07) is 18.0. The third kappa shape index (κ3) is 4.06. The van der Waals surface area contributed by atoms with Gasteiger partial charge in [-0.25, -0.2) is 0 Å². The van der Waals surface area contributed by atoms with Crippen LogP contribution < -0.4 is 9.80 Å². The van der Waals surface area contributed by atoms with E-state index in [-0.39, 0.29) is 0 Å². The Morgan fingerprint density at radius 3 is 1.54 bits per heavy atom. The average molecular weight is 349 g/mol. The topological polar surface area (TPSA) is 6.48 Å². The number of aryl methyl sites for hydroxylation is 2. The Labute approximate surface area is 158 Å². The molecule has 0 aromatic heterocycles. The third-order valence-corrected chi connectivity index (χ3v) is 6.02. The second-order valence-corrected chi connectivity index (χ2v) is 7.85. The predicted molar refractivity (Wildman–Crippen MR) is 112 cm³/mol. The van der Waals surface area contributed by atoms with E-state index < -0.39 is 0 Å². The summed E-state index contributed by atoms with van der Waals surface area (Å²) in [6.07, 6.45) is 10.5. The molecule has 0 unspecified atom stereocenters. The lowest BCUT2D eigenvalue weighted by Gasteiger charge is -2.32. The number of fused-ring (bicyclic) bond motifs is 2. The maximum absolute atomic E-state index is 2.61. The van der Waals surface area contributed by atoms with Crippen molar-refractivity contribution in [3.63, 3.8) is 0 Å². The van der Waals surface area contributed by atoms with Crippen LogP contribution in [0.2, 0.25) is 0 Å². The van der Waals surface area contributed by atoms with E-state index in [1.165, 1.54) is 88.9 Å². The minimum Gasteiger partial charge on any atom is -0.371 e. The molecule has 2 aliphatic rings. The number of rotatable bonds is 7. The van der Waals surface area contributed by atoms with Gasteiger partial charge in [0.1, 0.15) is 0 Å². The van der Waals surface area contributed by atoms with E-state index in [1.807, 2.05) is 0 Å². The van der Waals surface area contributed by atoms with Crippen LogP contribution in [0.5, 0.6) is 0 Å². The van der Waals surface area contributed by atoms with Crippen LogP contribution in [0.3, 0.4) is 0 Å². The summed E-state index contributed by atoms with van der Waals surface area (Å²) in [5, 5.41) is 0. The highest BCUT2D eigenvalue weighted by atomic mass is 15.1. The number of nitrogens with zero attached hydrogens (tertiary/aromatic N) is 2. The van der Waals surface area contributed by atoms with Gasteiger partial charge < -0.3 is 9.80 Å². The molecule has 2 heterocycles. The van der Waals surface area contributed by atoms with Gasteiger partial charge in [-0.1, -0.05) is 49.2 Å². The van der Waals surface area contributed by atoms with Crippen LogP contribution in [0, 0.1) is 0 Å². The lowest BCUT2D eigenvalue weighted by atomic mass is 10.0. The largest absolute Gasteiger partial charge is 0.371 e. The zero-order valence-corrected chi connectivity index (χ0v) is 16.0. The Balaban J connectivity index is 1.18. The molecule has 2 nitrogen and oxygen atoms in total. The van der Waals surface area contributed by atoms with Crippen molar-refractivity contribution in [1.29, 1.82) is 0 Å². The van der Waals surface area contributed by atoms with Gasteiger partial charge >= 0.3 is 0 Å². The number of para-hydroxylation sites is 2. The lowest BCUT2D eigenvalue weighted by Crippen LogP contribution is -2.30. The van der Waals surface area contributed by atoms with Crippen molar-refractivity contribution in [2.75, 3.05) is 36.0 Å². The van der Waals surface area contributed by atoms with Crippen LogP contribution in [0.15, 0.2) is 48.5 Å². The standard InChI is InChI=1S/C24H32N2/c1(7-17-25-19-9-13-21-11-3-5-15-23(21)25)2-8-18-26-20-10-14-22-12-4-6-16-24(22)26/h3-6,11-12,15-16H,1-2,7-10,13-14,17-20H2. The van der Waals surface area contributed by atoms with Crippen molar-refractivity contribution in [2.24, 2.45) is 0 Å². The summed E-state index contributed by atoms with van der Waals surface area (Å²) in [4.78, 5) is 5.22. The van der Waals surface area contributed by atoms with Crippen LogP contribution in [-0.2, 0) is 12.8 Å². The fourth-order valence-electron chi connectivity index (χ4n) is 4.65. The fraction of sp³-hybridized carbons (Fsp3) is 0.500. The molecule has 2 heteroatoms. The fourth-order valence-corrected chi connectivity index (χ4v) is 4.65. The lowest BCUT2D eigenvalue weighted by molar-refractivity contribution is 0.590. The van der Waals surface area contributed by atoms with Crippen LogP contribution in [0.25, 0.3) is 0 Å². The molecule has 0 spiro atoms. The Hall–Kier alpha value is -1.96. The first kappa shape index (κ1) is 17.5. The van der Waals surface area contributed by atoms with Gasteiger partial charge in [0.05, 0.1) is 0 Å². The van der Waals surface area contributed by atoms with E-state index in [9.17, 15) is 0 Å². The molecule has 0 saturated heterocycles. The van der Waals surface area contributed by atoms with Gasteiger partial charge in [-0.05, 0) is 61.8 Å². The van der Waals surface area contributed by atoms with Crippen LogP contribution in [0.4, 0.5) is 11.4 Å². The average Bonchev–Trinajstić information content (AvgIpc) is 2.71. The second-order valence-electron chi connectivity index (χ2n) is 7.85. The van der Waals surface area contributed by atoms with Gasteiger partial charge in [-0.15, -0.1) is 0 Å². The van der Waals surface area contributed by atoms with Crippen LogP contribution in [0.1, 0.15) is 49.7 Å². The third-order valence-electron chi connectivity index (χ3n) is 6.02. The predicted octanol–water partition coefficient (Wildman–Crippen LogP) is 5.45. The highest BCUT2D eigenvalue weighted by Crippen LogP contribution is 2.28. The van der Waals surface area contributed by atoms with E-state index in [0.29, 0.717) is 0 Å². The monoisotopic (exact) mass is 348 g/mol. The van der Waals surface area contributed by atoms with Gasteiger partial charge in [0.15, 0.2) is 0 Å². The SMILES string of the molecule is c1ccc2c(c1)CCCN2CCCCCCN1CCCc2ccccc21. The molecule has 0 radical (unpaired) electrons. The zero-order chi connectivity index (χ0) is 17.6. The van der Waals surface area contributed by atoms with Crippen molar-refractivity contribution in [3.8, 4) is 0 Å². The number of hydrogen-bond donors (Lipinski definition) is 0. The molecule has 0 atom stereocenters. The molecule has 2 aromatic carbocycles. The van der Waals surface area contributed by atoms with E-state index in [2.05, 4.69) is 58.3 Å². The number of hydrogen-bond acceptors (Lipinski definition) is 2. The first-order valence-corrected chi connectivity index (χ1v) is 10.6. The highest BCUT2D eigenvalue weighted by molar-refractivity contribution is 5.56. The van der Waals surface area contributed by atoms with E-state index in [0.717, 1.165) is 0 Å². The van der Waals surface area contributed by atoms with Crippen molar-refractivity contribution < 1.29 is 0 Å². The Morgan fingerprint density at radius 2 is 1.04 bits per heavy atom. The molecule has 0 amide bonds. The number of benzene rings is 2. The van der Waals surface area contributed by atoms with Gasteiger partial charge in [0.2, 0.25) is 0 Å². The molecule has 0 aliphatic carbocycles. The molecule has 0 saturated carbocycles. The Morgan fingerprint density at radius 1 is 0.577 bits per heavy atom. The number of unbranched alkanes of at least 4 members (excludes halogenated alkanes) is 3. The van der Waals surface area contributed by atoms with Crippen molar-refractivity contribution >= 4 is 11.4 Å². The maximum Gasteiger partial charge on any atom is 0.0398 e. The molecular formula is C24H32N2. The highest BCUT2D eigenvalue weighted by Gasteiger charge is 2.16. The summed E-state index contributed by atoms with van der Waals surface area (Å²) < 4.78 is 0. The molecule has 0 N–H and O–H groups in total. The Bertz CT molecular complexity index is 647. The molecule has 0 fully saturated rings. The molecule has 4 rings (SSSR count). The summed E-state index contributed by atoms with van der Waals surface area (Å²) in [6.45, 7) is 4.93. The zero-order valence-electron chi connectivity index (χ0n) is 16.0. The molecule has 2 aromatic rings. The minimum atomic E-state index is 1.23. The normalized spacial score (nSPS) is 16.3. The molecule has 2 aliphatic heterocycles. The van der Waals surface area contributed by atoms with Gasteiger partial charge in [0, 0.05) is 37.6 Å². The van der Waals surface area contributed by atoms with Crippen molar-refractivity contribution in [3.05, 3.63) is 59.7 Å². The molecule has 0 bridgehead atoms. The minimum absolute atomic E-state index is 1.23. The van der Waals surface area contributed by atoms with Crippen LogP contribution in [-0.4, -0.2) is 26.2 Å². The first-order valence-electron chi connectivity index (χ1n) is 10.6. The number of anilines is 2. The van der Waals surface area contributed by atoms with E-state index >= 15 is 0 Å². The molecular weight excluding hydrogens is 316 g/mol. The first-order chi connectivity index (χ1) is 12.9. The maximum atomic E-state index is 2.61. The van der Waals surface area contributed by atoms with Crippen molar-refractivity contribution in [1.82, 2.24) is 0 Å². The second kappa shape index (κ2) is 8.62. The smallest absolute Gasteiger partial charge is 0.0398 e. The summed E-state index contributed by atoms with van der Waals surface area (Å²) in [5.74, 6) is 0.